The number of hydrogen-bond acceptors (Lipinski definition) is 2. The van der Waals surface area contributed by atoms with Gasteiger partial charge in [-0.3, -0.25) is 0 Å². The zero-order valence-electron chi connectivity index (χ0n) is 5.22. The number of nitrogens with one attached hydrogen (secondary N) is 1. The van der Waals surface area contributed by atoms with Crippen molar-refractivity contribution < 1.29 is 5.11 Å². The van der Waals surface area contributed by atoms with Crippen LogP contribution in [0.2, 0.25) is 0 Å². The molecule has 1 unspecified atom stereocenters. The first-order valence-corrected chi connectivity index (χ1v) is 2.92. The average Bonchev–Trinajstić information content (AvgIpc) is 1.83. The van der Waals surface area contributed by atoms with Crippen LogP contribution in [0, 0.1) is 11.3 Å². The van der Waals surface area contributed by atoms with E-state index < -0.39 is 0 Å². The second-order valence-corrected chi connectivity index (χ2v) is 2.01. The van der Waals surface area contributed by atoms with Crippen molar-refractivity contribution in [2.24, 2.45) is 5.92 Å². The molecule has 48 valence electrons. The predicted octanol–water partition coefficient (Wildman–Crippen LogP) is 1.04. The summed E-state index contributed by atoms with van der Waals surface area (Å²) in [6.45, 7) is 2.22. The molecule has 2 nitrogen and oxygen atoms in total. The molecule has 0 rings (SSSR count). The van der Waals surface area contributed by atoms with E-state index in [2.05, 4.69) is 0 Å². The van der Waals surface area contributed by atoms with E-state index in [0.29, 0.717) is 5.92 Å². The second kappa shape index (κ2) is 4.78. The van der Waals surface area contributed by atoms with Gasteiger partial charge in [-0.05, 0) is 25.0 Å². The van der Waals surface area contributed by atoms with E-state index in [9.17, 15) is 0 Å². The monoisotopic (exact) mass is 115 g/mol. The summed E-state index contributed by atoms with van der Waals surface area (Å²) in [7, 11) is 0. The van der Waals surface area contributed by atoms with Crippen molar-refractivity contribution >= 4 is 6.21 Å². The molecule has 0 fully saturated rings. The highest BCUT2D eigenvalue weighted by Crippen LogP contribution is 1.99. The van der Waals surface area contributed by atoms with Gasteiger partial charge in [-0.25, -0.2) is 0 Å². The molecule has 0 aliphatic heterocycles. The normalized spacial score (nSPS) is 13.2. The lowest BCUT2D eigenvalue weighted by Gasteiger charge is -1.99. The van der Waals surface area contributed by atoms with E-state index in [4.69, 9.17) is 10.5 Å². The van der Waals surface area contributed by atoms with E-state index in [1.807, 2.05) is 6.92 Å². The van der Waals surface area contributed by atoms with Crippen LogP contribution in [0.15, 0.2) is 0 Å². The van der Waals surface area contributed by atoms with Crippen LogP contribution in [0.25, 0.3) is 0 Å². The zero-order valence-corrected chi connectivity index (χ0v) is 5.22. The Kier molecular flexibility index (Phi) is 4.56. The van der Waals surface area contributed by atoms with Crippen LogP contribution < -0.4 is 0 Å². The van der Waals surface area contributed by atoms with Crippen LogP contribution in [0.3, 0.4) is 0 Å². The molecule has 0 heterocycles. The smallest absolute Gasteiger partial charge is 0.0431 e. The highest BCUT2D eigenvalue weighted by atomic mass is 16.2. The van der Waals surface area contributed by atoms with Crippen molar-refractivity contribution in [2.45, 2.75) is 19.8 Å². The first-order chi connectivity index (χ1) is 3.81. The van der Waals surface area contributed by atoms with Crippen LogP contribution in [0.4, 0.5) is 0 Å². The summed E-state index contributed by atoms with van der Waals surface area (Å²) in [6.07, 6.45) is 3.16. The lowest BCUT2D eigenvalue weighted by atomic mass is 10.1. The Bertz CT molecular complexity index is 63.5. The fraction of sp³-hybridized carbons (Fsp3) is 0.833. The quantitative estimate of drug-likeness (QED) is 0.528. The number of aliphatic hydroxyl groups is 1. The lowest BCUT2D eigenvalue weighted by molar-refractivity contribution is 0.280. The molecule has 1 atom stereocenters. The van der Waals surface area contributed by atoms with Crippen molar-refractivity contribution in [3.8, 4) is 0 Å². The summed E-state index contributed by atoms with van der Waals surface area (Å²) >= 11 is 0. The van der Waals surface area contributed by atoms with Crippen molar-refractivity contribution in [3.05, 3.63) is 0 Å². The molecule has 0 spiro atoms. The summed E-state index contributed by atoms with van der Waals surface area (Å²) in [5.41, 5.74) is 0. The Balaban J connectivity index is 2.98. The van der Waals surface area contributed by atoms with E-state index in [0.717, 1.165) is 12.8 Å². The maximum Gasteiger partial charge on any atom is 0.0431 e. The molecule has 0 saturated carbocycles. The van der Waals surface area contributed by atoms with Crippen LogP contribution in [0.5, 0.6) is 0 Å². The van der Waals surface area contributed by atoms with Gasteiger partial charge in [0.25, 0.3) is 0 Å². The van der Waals surface area contributed by atoms with Crippen molar-refractivity contribution in [1.82, 2.24) is 0 Å². The minimum atomic E-state index is 0.248. The van der Waals surface area contributed by atoms with Gasteiger partial charge in [0.1, 0.15) is 0 Å². The molecule has 0 bridgehead atoms. The Morgan fingerprint density at radius 2 is 2.38 bits per heavy atom. The van der Waals surface area contributed by atoms with Crippen LogP contribution >= 0.6 is 0 Å². The average molecular weight is 115 g/mol. The first kappa shape index (κ1) is 7.63. The van der Waals surface area contributed by atoms with Crippen molar-refractivity contribution in [2.75, 3.05) is 6.61 Å². The zero-order chi connectivity index (χ0) is 6.41. The van der Waals surface area contributed by atoms with E-state index in [-0.39, 0.29) is 6.61 Å². The molecule has 0 aliphatic rings. The topological polar surface area (TPSA) is 44.1 Å². The summed E-state index contributed by atoms with van der Waals surface area (Å²) < 4.78 is 0. The molecule has 0 aromatic carbocycles. The van der Waals surface area contributed by atoms with Gasteiger partial charge in [-0.2, -0.15) is 0 Å². The Morgan fingerprint density at radius 3 is 2.75 bits per heavy atom. The second-order valence-electron chi connectivity index (χ2n) is 2.01. The molecule has 0 aromatic rings. The highest BCUT2D eigenvalue weighted by molar-refractivity contribution is 5.55. The Labute approximate surface area is 50.0 Å². The van der Waals surface area contributed by atoms with E-state index >= 15 is 0 Å². The molecule has 0 radical (unpaired) electrons. The third-order valence-corrected chi connectivity index (χ3v) is 1.10. The minimum absolute atomic E-state index is 0.248. The maximum atomic E-state index is 8.34. The van der Waals surface area contributed by atoms with E-state index in [1.165, 1.54) is 6.21 Å². The van der Waals surface area contributed by atoms with E-state index in [1.54, 1.807) is 0 Å². The molecule has 2 N–H and O–H groups in total. The van der Waals surface area contributed by atoms with Gasteiger partial charge >= 0.3 is 0 Å². The van der Waals surface area contributed by atoms with Gasteiger partial charge in [-0.15, -0.1) is 0 Å². The molecule has 0 aliphatic carbocycles. The molecule has 0 amide bonds. The van der Waals surface area contributed by atoms with Crippen LogP contribution in [-0.2, 0) is 0 Å². The molecule has 0 saturated heterocycles. The fourth-order valence-corrected chi connectivity index (χ4v) is 0.497. The Morgan fingerprint density at radius 1 is 1.75 bits per heavy atom. The predicted molar refractivity (Wildman–Crippen MR) is 34.3 cm³/mol. The minimum Gasteiger partial charge on any atom is -0.396 e. The Hall–Kier alpha value is -0.370. The van der Waals surface area contributed by atoms with Gasteiger partial charge in [0.15, 0.2) is 0 Å². The number of rotatable bonds is 4. The summed E-state index contributed by atoms with van der Waals surface area (Å²) in [5.74, 6) is 0.335. The first-order valence-electron chi connectivity index (χ1n) is 2.92. The van der Waals surface area contributed by atoms with Crippen LogP contribution in [0.1, 0.15) is 19.8 Å². The number of aliphatic hydroxyl groups excluding tert-OH is 1. The van der Waals surface area contributed by atoms with Crippen LogP contribution in [-0.4, -0.2) is 17.9 Å². The SMILES string of the molecule is CC(C=N)CCCO. The molecule has 0 aromatic heterocycles. The third-order valence-electron chi connectivity index (χ3n) is 1.10. The van der Waals surface area contributed by atoms with Gasteiger partial charge in [0.2, 0.25) is 0 Å². The van der Waals surface area contributed by atoms with Crippen molar-refractivity contribution in [3.63, 3.8) is 0 Å². The summed E-state index contributed by atoms with van der Waals surface area (Å²) in [5, 5.41) is 15.1. The summed E-state index contributed by atoms with van der Waals surface area (Å²) in [4.78, 5) is 0. The summed E-state index contributed by atoms with van der Waals surface area (Å²) in [6, 6.07) is 0. The molecular weight excluding hydrogens is 102 g/mol. The lowest BCUT2D eigenvalue weighted by Crippen LogP contribution is -1.95. The maximum absolute atomic E-state index is 8.34. The van der Waals surface area contributed by atoms with Gasteiger partial charge < -0.3 is 10.5 Å². The third kappa shape index (κ3) is 3.81. The molecular formula is C6H13NO. The van der Waals surface area contributed by atoms with Gasteiger partial charge in [-0.1, -0.05) is 6.92 Å². The molecule has 2 heteroatoms. The van der Waals surface area contributed by atoms with Gasteiger partial charge in [0, 0.05) is 6.61 Å². The largest absolute Gasteiger partial charge is 0.396 e. The van der Waals surface area contributed by atoms with Gasteiger partial charge in [0.05, 0.1) is 0 Å². The standard InChI is InChI=1S/C6H13NO/c1-6(5-7)3-2-4-8/h5-8H,2-4H2,1H3. The number of hydrogen-bond donors (Lipinski definition) is 2. The molecule has 8 heavy (non-hydrogen) atoms. The fourth-order valence-electron chi connectivity index (χ4n) is 0.497. The van der Waals surface area contributed by atoms with Crippen molar-refractivity contribution in [1.29, 1.82) is 5.41 Å². The highest BCUT2D eigenvalue weighted by Gasteiger charge is 1.93.